The first-order chi connectivity index (χ1) is 10.3. The van der Waals surface area contributed by atoms with Crippen molar-refractivity contribution >= 4 is 34.4 Å². The molecule has 0 spiro atoms. The van der Waals surface area contributed by atoms with E-state index in [-0.39, 0.29) is 0 Å². The Kier molecular flexibility index (Phi) is 4.31. The highest BCUT2D eigenvalue weighted by Gasteiger charge is 2.09. The lowest BCUT2D eigenvalue weighted by Crippen LogP contribution is -1.91. The highest BCUT2D eigenvalue weighted by atomic mass is 32.2. The highest BCUT2D eigenvalue weighted by molar-refractivity contribution is 7.99. The van der Waals surface area contributed by atoms with Crippen LogP contribution in [0.4, 0.5) is 0 Å². The second-order valence-corrected chi connectivity index (χ2v) is 6.15. The number of nitrogens with zero attached hydrogens (tertiary/aromatic N) is 2. The van der Waals surface area contributed by atoms with Gasteiger partial charge in [0.25, 0.3) is 0 Å². The van der Waals surface area contributed by atoms with Gasteiger partial charge >= 0.3 is 0 Å². The number of methoxy groups -OCH3 is 1. The zero-order chi connectivity index (χ0) is 14.7. The minimum atomic E-state index is 0.791. The molecule has 5 heteroatoms. The molecule has 1 heterocycles. The molecule has 3 aromatic rings. The first kappa shape index (κ1) is 14.2. The summed E-state index contributed by atoms with van der Waals surface area (Å²) in [7, 11) is 1.68. The summed E-state index contributed by atoms with van der Waals surface area (Å²) in [5, 5.41) is 2.83. The number of ether oxygens (including phenoxy) is 1. The first-order valence-electron chi connectivity index (χ1n) is 6.43. The lowest BCUT2D eigenvalue weighted by Gasteiger charge is -2.08. The van der Waals surface area contributed by atoms with Crippen LogP contribution >= 0.6 is 23.5 Å². The summed E-state index contributed by atoms with van der Waals surface area (Å²) < 4.78 is 5.27. The summed E-state index contributed by atoms with van der Waals surface area (Å²) in [5.74, 6) is 0.850. The van der Waals surface area contributed by atoms with Gasteiger partial charge in [-0.2, -0.15) is 0 Å². The van der Waals surface area contributed by atoms with Gasteiger partial charge in [0.1, 0.15) is 10.8 Å². The first-order valence-corrected chi connectivity index (χ1v) is 8.47. The Morgan fingerprint density at radius 1 is 1.00 bits per heavy atom. The number of rotatable bonds is 4. The van der Waals surface area contributed by atoms with Crippen molar-refractivity contribution in [3.8, 4) is 5.75 Å². The number of thioether (sulfide) groups is 1. The minimum absolute atomic E-state index is 0.791. The van der Waals surface area contributed by atoms with Crippen molar-refractivity contribution in [3.05, 3.63) is 48.5 Å². The van der Waals surface area contributed by atoms with Gasteiger partial charge in [0, 0.05) is 10.3 Å². The maximum atomic E-state index is 5.27. The van der Waals surface area contributed by atoms with E-state index in [0.717, 1.165) is 31.7 Å². The molecule has 0 saturated heterocycles. The van der Waals surface area contributed by atoms with Crippen molar-refractivity contribution in [2.75, 3.05) is 13.4 Å². The van der Waals surface area contributed by atoms with Gasteiger partial charge in [0.15, 0.2) is 5.16 Å². The second-order valence-electron chi connectivity index (χ2n) is 4.31. The summed E-state index contributed by atoms with van der Waals surface area (Å²) >= 11 is 3.19. The molecule has 0 atom stereocenters. The van der Waals surface area contributed by atoms with E-state index in [1.807, 2.05) is 42.7 Å². The molecular weight excluding hydrogens is 300 g/mol. The third-order valence-corrected chi connectivity index (χ3v) is 4.53. The van der Waals surface area contributed by atoms with E-state index in [9.17, 15) is 0 Å². The Hall–Kier alpha value is -1.72. The van der Waals surface area contributed by atoms with Gasteiger partial charge in [0.2, 0.25) is 0 Å². The standard InChI is InChI=1S/C16H14N2OS2/c1-19-11-6-5-7-12(10-11)21-15-13-8-3-4-9-14(13)17-16(18-15)20-2/h3-10H,1-2H3. The average Bonchev–Trinajstić information content (AvgIpc) is 2.55. The number of aromatic nitrogens is 2. The number of hydrogen-bond donors (Lipinski definition) is 0. The molecule has 2 aromatic carbocycles. The molecule has 0 bridgehead atoms. The van der Waals surface area contributed by atoms with Crippen molar-refractivity contribution in [1.29, 1.82) is 0 Å². The van der Waals surface area contributed by atoms with Crippen molar-refractivity contribution < 1.29 is 4.74 Å². The highest BCUT2D eigenvalue weighted by Crippen LogP contribution is 2.34. The molecule has 0 radical (unpaired) electrons. The van der Waals surface area contributed by atoms with Gasteiger partial charge < -0.3 is 4.74 Å². The topological polar surface area (TPSA) is 35.0 Å². The SMILES string of the molecule is COc1cccc(Sc2nc(SC)nc3ccccc23)c1. The van der Waals surface area contributed by atoms with Crippen LogP contribution in [0.3, 0.4) is 0 Å². The van der Waals surface area contributed by atoms with Gasteiger partial charge in [-0.1, -0.05) is 47.8 Å². The van der Waals surface area contributed by atoms with Crippen molar-refractivity contribution in [2.45, 2.75) is 15.1 Å². The Bertz CT molecular complexity index is 777. The maximum absolute atomic E-state index is 5.27. The number of fused-ring (bicyclic) bond motifs is 1. The molecule has 0 aliphatic carbocycles. The molecule has 0 saturated carbocycles. The van der Waals surface area contributed by atoms with Crippen LogP contribution in [0.1, 0.15) is 0 Å². The van der Waals surface area contributed by atoms with Crippen LogP contribution < -0.4 is 4.74 Å². The van der Waals surface area contributed by atoms with Crippen LogP contribution in [-0.2, 0) is 0 Å². The lowest BCUT2D eigenvalue weighted by molar-refractivity contribution is 0.413. The summed E-state index contributed by atoms with van der Waals surface area (Å²) in [6.07, 6.45) is 1.99. The monoisotopic (exact) mass is 314 g/mol. The Balaban J connectivity index is 2.06. The van der Waals surface area contributed by atoms with Crippen LogP contribution in [0.2, 0.25) is 0 Å². The van der Waals surface area contributed by atoms with Crippen LogP contribution in [0.15, 0.2) is 63.6 Å². The third-order valence-electron chi connectivity index (χ3n) is 2.99. The molecule has 3 nitrogen and oxygen atoms in total. The summed E-state index contributed by atoms with van der Waals surface area (Å²) in [5.41, 5.74) is 0.974. The van der Waals surface area contributed by atoms with E-state index >= 15 is 0 Å². The van der Waals surface area contributed by atoms with Crippen LogP contribution in [0.5, 0.6) is 5.75 Å². The van der Waals surface area contributed by atoms with Crippen molar-refractivity contribution in [1.82, 2.24) is 9.97 Å². The largest absolute Gasteiger partial charge is 0.497 e. The number of para-hydroxylation sites is 1. The number of hydrogen-bond acceptors (Lipinski definition) is 5. The van der Waals surface area contributed by atoms with Gasteiger partial charge in [-0.05, 0) is 30.5 Å². The molecule has 106 valence electrons. The fourth-order valence-electron chi connectivity index (χ4n) is 1.97. The van der Waals surface area contributed by atoms with Crippen LogP contribution in [0, 0.1) is 0 Å². The molecule has 21 heavy (non-hydrogen) atoms. The molecule has 0 aliphatic rings. The van der Waals surface area contributed by atoms with E-state index in [4.69, 9.17) is 4.74 Å². The van der Waals surface area contributed by atoms with Gasteiger partial charge in [-0.15, -0.1) is 0 Å². The van der Waals surface area contributed by atoms with Crippen molar-refractivity contribution in [2.24, 2.45) is 0 Å². The summed E-state index contributed by atoms with van der Waals surface area (Å²) in [4.78, 5) is 10.3. The maximum Gasteiger partial charge on any atom is 0.188 e. The zero-order valence-electron chi connectivity index (χ0n) is 11.7. The smallest absolute Gasteiger partial charge is 0.188 e. The summed E-state index contributed by atoms with van der Waals surface area (Å²) in [6, 6.07) is 16.1. The molecule has 0 N–H and O–H groups in total. The fraction of sp³-hybridized carbons (Fsp3) is 0.125. The van der Waals surface area contributed by atoms with Crippen LogP contribution in [0.25, 0.3) is 10.9 Å². The third kappa shape index (κ3) is 3.14. The van der Waals surface area contributed by atoms with Gasteiger partial charge in [0.05, 0.1) is 12.6 Å². The Labute approximate surface area is 132 Å². The normalized spacial score (nSPS) is 10.8. The predicted molar refractivity (Wildman–Crippen MR) is 88.4 cm³/mol. The predicted octanol–water partition coefficient (Wildman–Crippen LogP) is 4.51. The van der Waals surface area contributed by atoms with E-state index in [2.05, 4.69) is 22.1 Å². The van der Waals surface area contributed by atoms with Crippen molar-refractivity contribution in [3.63, 3.8) is 0 Å². The Morgan fingerprint density at radius 3 is 2.67 bits per heavy atom. The van der Waals surface area contributed by atoms with Crippen LogP contribution in [-0.4, -0.2) is 23.3 Å². The zero-order valence-corrected chi connectivity index (χ0v) is 13.4. The second kappa shape index (κ2) is 6.37. The molecule has 3 rings (SSSR count). The number of benzene rings is 2. The van der Waals surface area contributed by atoms with E-state index in [1.165, 1.54) is 0 Å². The molecule has 0 fully saturated rings. The quantitative estimate of drug-likeness (QED) is 0.402. The fourth-order valence-corrected chi connectivity index (χ4v) is 3.36. The molecular formula is C16H14N2OS2. The van der Waals surface area contributed by atoms with E-state index in [1.54, 1.807) is 30.6 Å². The molecule has 1 aromatic heterocycles. The average molecular weight is 314 g/mol. The molecule has 0 aliphatic heterocycles. The minimum Gasteiger partial charge on any atom is -0.497 e. The van der Waals surface area contributed by atoms with Gasteiger partial charge in [-0.25, -0.2) is 9.97 Å². The molecule has 0 unspecified atom stereocenters. The Morgan fingerprint density at radius 2 is 1.86 bits per heavy atom. The molecule has 0 amide bonds. The lowest BCUT2D eigenvalue weighted by atomic mass is 10.2. The van der Waals surface area contributed by atoms with E-state index in [0.29, 0.717) is 0 Å². The summed E-state index contributed by atoms with van der Waals surface area (Å²) in [6.45, 7) is 0. The van der Waals surface area contributed by atoms with Gasteiger partial charge in [-0.3, -0.25) is 0 Å². The van der Waals surface area contributed by atoms with E-state index < -0.39 is 0 Å².